The van der Waals surface area contributed by atoms with Gasteiger partial charge in [-0.1, -0.05) is 11.6 Å². The van der Waals surface area contributed by atoms with Crippen LogP contribution in [0.2, 0.25) is 5.02 Å². The van der Waals surface area contributed by atoms with Gasteiger partial charge in [0.05, 0.1) is 16.7 Å². The highest BCUT2D eigenvalue weighted by atomic mass is 79.9. The third-order valence-corrected chi connectivity index (χ3v) is 4.88. The minimum absolute atomic E-state index is 0.0173. The van der Waals surface area contributed by atoms with Crippen LogP contribution in [0.15, 0.2) is 39.8 Å². The molecule has 0 bridgehead atoms. The lowest BCUT2D eigenvalue weighted by Gasteiger charge is -2.11. The summed E-state index contributed by atoms with van der Waals surface area (Å²) in [5.41, 5.74) is 0.953. The molecule has 1 aromatic heterocycles. The van der Waals surface area contributed by atoms with Crippen molar-refractivity contribution in [3.05, 3.63) is 51.1 Å². The van der Waals surface area contributed by atoms with E-state index in [0.717, 1.165) is 4.47 Å². The summed E-state index contributed by atoms with van der Waals surface area (Å²) in [7, 11) is -3.87. The quantitative estimate of drug-likeness (QED) is 0.875. The molecule has 108 valence electrons. The first-order valence-electron chi connectivity index (χ1n) is 5.68. The predicted octanol–water partition coefficient (Wildman–Crippen LogP) is 3.48. The monoisotopic (exact) mass is 385 g/mol. The number of rotatable bonds is 3. The fourth-order valence-electron chi connectivity index (χ4n) is 1.62. The van der Waals surface area contributed by atoms with Gasteiger partial charge in [0, 0.05) is 10.7 Å². The number of nitrogens with zero attached hydrogens (tertiary/aromatic N) is 2. The third-order valence-electron chi connectivity index (χ3n) is 2.63. The number of halogens is 2. The Balaban J connectivity index is 2.41. The van der Waals surface area contributed by atoms with Crippen LogP contribution in [0.1, 0.15) is 11.1 Å². The van der Waals surface area contributed by atoms with Gasteiger partial charge in [0.2, 0.25) is 0 Å². The maximum atomic E-state index is 12.3. The van der Waals surface area contributed by atoms with E-state index in [4.69, 9.17) is 16.9 Å². The second-order valence-corrected chi connectivity index (χ2v) is 7.16. The second-order valence-electron chi connectivity index (χ2n) is 4.18. The van der Waals surface area contributed by atoms with Crippen LogP contribution in [0, 0.1) is 18.3 Å². The van der Waals surface area contributed by atoms with Crippen LogP contribution in [0.25, 0.3) is 0 Å². The summed E-state index contributed by atoms with van der Waals surface area (Å²) in [5.74, 6) is 0.221. The Bertz CT molecular complexity index is 847. The molecule has 0 aliphatic rings. The van der Waals surface area contributed by atoms with Crippen LogP contribution in [0.5, 0.6) is 0 Å². The molecule has 0 aliphatic heterocycles. The van der Waals surface area contributed by atoms with Gasteiger partial charge in [-0.15, -0.1) is 0 Å². The molecule has 8 heteroatoms. The Labute approximate surface area is 135 Å². The summed E-state index contributed by atoms with van der Waals surface area (Å²) in [5, 5.41) is 8.75. The summed E-state index contributed by atoms with van der Waals surface area (Å²) in [6.45, 7) is 1.73. The number of sulfonamides is 1. The van der Waals surface area contributed by atoms with Gasteiger partial charge in [-0.05, 0) is 52.7 Å². The Kier molecular flexibility index (Phi) is 4.52. The zero-order valence-corrected chi connectivity index (χ0v) is 13.9. The Morgan fingerprint density at radius 1 is 1.38 bits per heavy atom. The minimum atomic E-state index is -3.87. The molecule has 0 radical (unpaired) electrons. The molecule has 1 aromatic carbocycles. The highest BCUT2D eigenvalue weighted by molar-refractivity contribution is 9.10. The molecule has 0 atom stereocenters. The summed E-state index contributed by atoms with van der Waals surface area (Å²) in [4.78, 5) is 3.91. The Hall–Kier alpha value is -1.62. The smallest absolute Gasteiger partial charge is 0.263 e. The Morgan fingerprint density at radius 3 is 2.67 bits per heavy atom. The molecule has 0 unspecified atom stereocenters. The molecule has 0 aliphatic carbocycles. The molecule has 0 saturated heterocycles. The number of benzene rings is 1. The fraction of sp³-hybridized carbons (Fsp3) is 0.0769. The van der Waals surface area contributed by atoms with E-state index < -0.39 is 10.0 Å². The van der Waals surface area contributed by atoms with Gasteiger partial charge in [-0.3, -0.25) is 4.72 Å². The van der Waals surface area contributed by atoms with Crippen LogP contribution in [-0.4, -0.2) is 13.4 Å². The highest BCUT2D eigenvalue weighted by Crippen LogP contribution is 2.26. The number of anilines is 1. The molecule has 0 amide bonds. The van der Waals surface area contributed by atoms with Gasteiger partial charge in [0.25, 0.3) is 10.0 Å². The molecule has 1 N–H and O–H groups in total. The number of hydrogen-bond acceptors (Lipinski definition) is 4. The lowest BCUT2D eigenvalue weighted by Crippen LogP contribution is -2.15. The van der Waals surface area contributed by atoms with Gasteiger partial charge in [0.15, 0.2) is 0 Å². The van der Waals surface area contributed by atoms with Crippen molar-refractivity contribution in [1.82, 2.24) is 4.98 Å². The lowest BCUT2D eigenvalue weighted by molar-refractivity contribution is 0.601. The number of nitrogens with one attached hydrogen (secondary N) is 1. The van der Waals surface area contributed by atoms with Gasteiger partial charge in [-0.25, -0.2) is 13.4 Å². The van der Waals surface area contributed by atoms with Crippen molar-refractivity contribution >= 4 is 43.4 Å². The van der Waals surface area contributed by atoms with Crippen molar-refractivity contribution in [3.63, 3.8) is 0 Å². The van der Waals surface area contributed by atoms with Crippen molar-refractivity contribution in [2.75, 3.05) is 4.72 Å². The zero-order valence-electron chi connectivity index (χ0n) is 10.8. The molecule has 2 rings (SSSR count). The van der Waals surface area contributed by atoms with E-state index in [1.54, 1.807) is 13.0 Å². The lowest BCUT2D eigenvalue weighted by atomic mass is 10.2. The summed E-state index contributed by atoms with van der Waals surface area (Å²) in [6, 6.07) is 7.62. The molecule has 5 nitrogen and oxygen atoms in total. The first-order chi connectivity index (χ1) is 9.83. The average molecular weight is 387 g/mol. The highest BCUT2D eigenvalue weighted by Gasteiger charge is 2.19. The SMILES string of the molecule is Cc1cc(Br)cnc1NS(=O)(=O)c1ccc(C#N)cc1Cl. The van der Waals surface area contributed by atoms with Crippen LogP contribution < -0.4 is 4.72 Å². The minimum Gasteiger partial charge on any atom is -0.263 e. The van der Waals surface area contributed by atoms with E-state index in [2.05, 4.69) is 25.6 Å². The van der Waals surface area contributed by atoms with Crippen molar-refractivity contribution in [2.45, 2.75) is 11.8 Å². The van der Waals surface area contributed by atoms with Gasteiger partial charge >= 0.3 is 0 Å². The molecule has 2 aromatic rings. The standard InChI is InChI=1S/C13H9BrClN3O2S/c1-8-4-10(14)7-17-13(8)18-21(19,20)12-3-2-9(6-16)5-11(12)15/h2-5,7H,1H3,(H,17,18). The molecular weight excluding hydrogens is 378 g/mol. The average Bonchev–Trinajstić information content (AvgIpc) is 2.41. The number of aryl methyl sites for hydroxylation is 1. The maximum absolute atomic E-state index is 12.3. The molecule has 0 spiro atoms. The van der Waals surface area contributed by atoms with E-state index in [0.29, 0.717) is 5.56 Å². The van der Waals surface area contributed by atoms with Gasteiger partial charge in [0.1, 0.15) is 10.7 Å². The molecular formula is C13H9BrClN3O2S. The number of nitriles is 1. The summed E-state index contributed by atoms with van der Waals surface area (Å²) < 4.78 is 27.8. The van der Waals surface area contributed by atoms with Crippen LogP contribution in [-0.2, 0) is 10.0 Å². The van der Waals surface area contributed by atoms with E-state index in [9.17, 15) is 8.42 Å². The largest absolute Gasteiger partial charge is 0.264 e. The number of pyridine rings is 1. The third kappa shape index (κ3) is 3.53. The molecule has 21 heavy (non-hydrogen) atoms. The van der Waals surface area contributed by atoms with Crippen LogP contribution in [0.4, 0.5) is 5.82 Å². The molecule has 1 heterocycles. The first kappa shape index (κ1) is 15.8. The number of aromatic nitrogens is 1. The van der Waals surface area contributed by atoms with Crippen molar-refractivity contribution in [1.29, 1.82) is 5.26 Å². The fourth-order valence-corrected chi connectivity index (χ4v) is 3.69. The van der Waals surface area contributed by atoms with Crippen molar-refractivity contribution in [2.24, 2.45) is 0 Å². The van der Waals surface area contributed by atoms with Gasteiger partial charge in [-0.2, -0.15) is 5.26 Å². The van der Waals surface area contributed by atoms with Crippen molar-refractivity contribution in [3.8, 4) is 6.07 Å². The normalized spacial score (nSPS) is 11.0. The second kappa shape index (κ2) is 6.02. The topological polar surface area (TPSA) is 82.8 Å². The van der Waals surface area contributed by atoms with E-state index >= 15 is 0 Å². The van der Waals surface area contributed by atoms with Crippen LogP contribution in [0.3, 0.4) is 0 Å². The molecule has 0 fully saturated rings. The van der Waals surface area contributed by atoms with E-state index in [-0.39, 0.29) is 21.3 Å². The Morgan fingerprint density at radius 2 is 2.10 bits per heavy atom. The van der Waals surface area contributed by atoms with Crippen LogP contribution >= 0.6 is 27.5 Å². The summed E-state index contributed by atoms with van der Waals surface area (Å²) >= 11 is 9.18. The van der Waals surface area contributed by atoms with E-state index in [1.807, 2.05) is 6.07 Å². The van der Waals surface area contributed by atoms with E-state index in [1.165, 1.54) is 24.4 Å². The van der Waals surface area contributed by atoms with Crippen molar-refractivity contribution < 1.29 is 8.42 Å². The molecule has 0 saturated carbocycles. The predicted molar refractivity (Wildman–Crippen MR) is 83.6 cm³/mol. The van der Waals surface area contributed by atoms with Gasteiger partial charge < -0.3 is 0 Å². The summed E-state index contributed by atoms with van der Waals surface area (Å²) in [6.07, 6.45) is 1.49. The maximum Gasteiger partial charge on any atom is 0.264 e. The first-order valence-corrected chi connectivity index (χ1v) is 8.33. The zero-order chi connectivity index (χ0) is 15.6. The number of hydrogen-bond donors (Lipinski definition) is 1.